The number of ketones is 1. The maximum absolute atomic E-state index is 12.5. The number of amides is 1. The predicted molar refractivity (Wildman–Crippen MR) is 86.0 cm³/mol. The molecule has 4 nitrogen and oxygen atoms in total. The molecular weight excluding hydrogens is 278 g/mol. The van der Waals surface area contributed by atoms with Crippen LogP contribution in [0.5, 0.6) is 0 Å². The second-order valence-corrected chi connectivity index (χ2v) is 6.97. The summed E-state index contributed by atoms with van der Waals surface area (Å²) >= 11 is 0. The van der Waals surface area contributed by atoms with Gasteiger partial charge in [0.25, 0.3) is 0 Å². The summed E-state index contributed by atoms with van der Waals surface area (Å²) in [6.07, 6.45) is 1.12. The van der Waals surface area contributed by atoms with E-state index < -0.39 is 5.60 Å². The lowest BCUT2D eigenvalue weighted by Crippen LogP contribution is -2.43. The number of carbonyl (C=O) groups excluding carboxylic acids is 2. The normalized spacial score (nSPS) is 16.5. The van der Waals surface area contributed by atoms with E-state index in [1.54, 1.807) is 4.90 Å². The van der Waals surface area contributed by atoms with Gasteiger partial charge in [0, 0.05) is 24.6 Å². The molecule has 1 aromatic carbocycles. The monoisotopic (exact) mass is 303 g/mol. The van der Waals surface area contributed by atoms with Gasteiger partial charge in [0.1, 0.15) is 5.60 Å². The van der Waals surface area contributed by atoms with Gasteiger partial charge in [-0.1, -0.05) is 29.8 Å². The van der Waals surface area contributed by atoms with Crippen LogP contribution in [0.2, 0.25) is 0 Å². The van der Waals surface area contributed by atoms with Gasteiger partial charge < -0.3 is 9.64 Å². The number of Topliss-reactive ketones (excluding diaryl/α,β-unsaturated/α-hetero) is 1. The minimum Gasteiger partial charge on any atom is -0.444 e. The number of rotatable bonds is 2. The van der Waals surface area contributed by atoms with Gasteiger partial charge in [-0.05, 0) is 40.5 Å². The highest BCUT2D eigenvalue weighted by Gasteiger charge is 2.30. The Morgan fingerprint density at radius 1 is 1.09 bits per heavy atom. The minimum absolute atomic E-state index is 0.00129. The zero-order chi connectivity index (χ0) is 16.3. The van der Waals surface area contributed by atoms with Crippen molar-refractivity contribution in [2.45, 2.75) is 46.1 Å². The first-order valence-corrected chi connectivity index (χ1v) is 7.85. The van der Waals surface area contributed by atoms with Gasteiger partial charge in [0.05, 0.1) is 0 Å². The van der Waals surface area contributed by atoms with E-state index in [4.69, 9.17) is 4.74 Å². The number of benzene rings is 1. The highest BCUT2D eigenvalue weighted by atomic mass is 16.6. The van der Waals surface area contributed by atoms with Crippen LogP contribution in [0.1, 0.15) is 49.5 Å². The van der Waals surface area contributed by atoms with Crippen molar-refractivity contribution in [1.29, 1.82) is 0 Å². The van der Waals surface area contributed by atoms with E-state index in [1.807, 2.05) is 52.0 Å². The molecule has 1 amide bonds. The van der Waals surface area contributed by atoms with Gasteiger partial charge in [0.15, 0.2) is 5.78 Å². The number of aryl methyl sites for hydroxylation is 1. The number of carbonyl (C=O) groups is 2. The van der Waals surface area contributed by atoms with Gasteiger partial charge >= 0.3 is 6.09 Å². The summed E-state index contributed by atoms with van der Waals surface area (Å²) < 4.78 is 5.37. The highest BCUT2D eigenvalue weighted by Crippen LogP contribution is 2.23. The standard InChI is InChI=1S/C18H25NO3/c1-13-5-7-14(8-6-13)16(20)15-9-11-19(12-10-15)17(21)22-18(2,3)4/h5-8,15H,9-12H2,1-4H3. The average Bonchev–Trinajstić information content (AvgIpc) is 2.46. The van der Waals surface area contributed by atoms with Gasteiger partial charge in [0.2, 0.25) is 0 Å². The molecule has 0 atom stereocenters. The Labute approximate surface area is 132 Å². The largest absolute Gasteiger partial charge is 0.444 e. The Bertz CT molecular complexity index is 534. The minimum atomic E-state index is -0.481. The molecule has 2 rings (SSSR count). The average molecular weight is 303 g/mol. The fourth-order valence-electron chi connectivity index (χ4n) is 2.60. The Morgan fingerprint density at radius 3 is 2.14 bits per heavy atom. The number of nitrogens with zero attached hydrogens (tertiary/aromatic N) is 1. The summed E-state index contributed by atoms with van der Waals surface area (Å²) in [6.45, 7) is 8.75. The molecule has 22 heavy (non-hydrogen) atoms. The van der Waals surface area contributed by atoms with E-state index >= 15 is 0 Å². The van der Waals surface area contributed by atoms with E-state index in [0.717, 1.165) is 11.1 Å². The second-order valence-electron chi connectivity index (χ2n) is 6.97. The van der Waals surface area contributed by atoms with Crippen molar-refractivity contribution in [2.75, 3.05) is 13.1 Å². The number of piperidine rings is 1. The predicted octanol–water partition coefficient (Wildman–Crippen LogP) is 3.82. The summed E-state index contributed by atoms with van der Waals surface area (Å²) in [4.78, 5) is 26.2. The highest BCUT2D eigenvalue weighted by molar-refractivity contribution is 5.98. The molecule has 0 aromatic heterocycles. The van der Waals surface area contributed by atoms with Crippen LogP contribution in [0.25, 0.3) is 0 Å². The molecule has 0 saturated carbocycles. The van der Waals surface area contributed by atoms with Crippen LogP contribution in [0.4, 0.5) is 4.79 Å². The molecule has 0 aliphatic carbocycles. The van der Waals surface area contributed by atoms with E-state index in [0.29, 0.717) is 25.9 Å². The SMILES string of the molecule is Cc1ccc(C(=O)C2CCN(C(=O)OC(C)(C)C)CC2)cc1. The Balaban J connectivity index is 1.90. The summed E-state index contributed by atoms with van der Waals surface area (Å²) in [5.41, 5.74) is 1.43. The third-order valence-electron chi connectivity index (χ3n) is 3.85. The molecular formula is C18H25NO3. The molecule has 1 aliphatic rings. The lowest BCUT2D eigenvalue weighted by molar-refractivity contribution is 0.0182. The third kappa shape index (κ3) is 4.33. The van der Waals surface area contributed by atoms with Crippen LogP contribution in [0.3, 0.4) is 0 Å². The van der Waals surface area contributed by atoms with Gasteiger partial charge in [-0.2, -0.15) is 0 Å². The Morgan fingerprint density at radius 2 is 1.64 bits per heavy atom. The van der Waals surface area contributed by atoms with Crippen LogP contribution in [0.15, 0.2) is 24.3 Å². The molecule has 1 saturated heterocycles. The molecule has 1 fully saturated rings. The molecule has 4 heteroatoms. The molecule has 0 N–H and O–H groups in total. The smallest absolute Gasteiger partial charge is 0.410 e. The zero-order valence-corrected chi connectivity index (χ0v) is 13.9. The summed E-state index contributed by atoms with van der Waals surface area (Å²) in [5, 5.41) is 0. The van der Waals surface area contributed by atoms with Crippen molar-refractivity contribution in [3.05, 3.63) is 35.4 Å². The van der Waals surface area contributed by atoms with Crippen LogP contribution in [0, 0.1) is 12.8 Å². The van der Waals surface area contributed by atoms with Crippen LogP contribution in [-0.4, -0.2) is 35.5 Å². The summed E-state index contributed by atoms with van der Waals surface area (Å²) in [6, 6.07) is 7.70. The Hall–Kier alpha value is -1.84. The number of likely N-dealkylation sites (tertiary alicyclic amines) is 1. The molecule has 0 bridgehead atoms. The molecule has 1 aliphatic heterocycles. The topological polar surface area (TPSA) is 46.6 Å². The van der Waals surface area contributed by atoms with Crippen molar-refractivity contribution in [3.8, 4) is 0 Å². The van der Waals surface area contributed by atoms with Crippen molar-refractivity contribution < 1.29 is 14.3 Å². The van der Waals surface area contributed by atoms with Gasteiger partial charge in [-0.15, -0.1) is 0 Å². The number of hydrogen-bond acceptors (Lipinski definition) is 3. The molecule has 1 heterocycles. The summed E-state index contributed by atoms with van der Waals surface area (Å²) in [5.74, 6) is 0.185. The third-order valence-corrected chi connectivity index (χ3v) is 3.85. The van der Waals surface area contributed by atoms with Crippen LogP contribution >= 0.6 is 0 Å². The van der Waals surface area contributed by atoms with Crippen molar-refractivity contribution in [3.63, 3.8) is 0 Å². The molecule has 1 aromatic rings. The fraction of sp³-hybridized carbons (Fsp3) is 0.556. The maximum Gasteiger partial charge on any atom is 0.410 e. The van der Waals surface area contributed by atoms with E-state index in [1.165, 1.54) is 0 Å². The molecule has 120 valence electrons. The molecule has 0 radical (unpaired) electrons. The lowest BCUT2D eigenvalue weighted by Gasteiger charge is -2.33. The quantitative estimate of drug-likeness (QED) is 0.780. The fourth-order valence-corrected chi connectivity index (χ4v) is 2.60. The van der Waals surface area contributed by atoms with E-state index in [-0.39, 0.29) is 17.8 Å². The van der Waals surface area contributed by atoms with Gasteiger partial charge in [-0.25, -0.2) is 4.79 Å². The number of ether oxygens (including phenoxy) is 1. The van der Waals surface area contributed by atoms with Crippen LogP contribution in [-0.2, 0) is 4.74 Å². The van der Waals surface area contributed by atoms with Gasteiger partial charge in [-0.3, -0.25) is 4.79 Å². The van der Waals surface area contributed by atoms with Crippen molar-refractivity contribution in [2.24, 2.45) is 5.92 Å². The summed E-state index contributed by atoms with van der Waals surface area (Å²) in [7, 11) is 0. The van der Waals surface area contributed by atoms with Crippen LogP contribution < -0.4 is 0 Å². The van der Waals surface area contributed by atoms with E-state index in [9.17, 15) is 9.59 Å². The maximum atomic E-state index is 12.5. The second kappa shape index (κ2) is 6.51. The number of hydrogen-bond donors (Lipinski definition) is 0. The Kier molecular flexibility index (Phi) is 4.89. The lowest BCUT2D eigenvalue weighted by atomic mass is 9.89. The first-order valence-electron chi connectivity index (χ1n) is 7.85. The first kappa shape index (κ1) is 16.5. The van der Waals surface area contributed by atoms with Crippen molar-refractivity contribution >= 4 is 11.9 Å². The zero-order valence-electron chi connectivity index (χ0n) is 13.9. The molecule has 0 spiro atoms. The van der Waals surface area contributed by atoms with Crippen molar-refractivity contribution in [1.82, 2.24) is 4.90 Å². The molecule has 0 unspecified atom stereocenters. The first-order chi connectivity index (χ1) is 10.3. The van der Waals surface area contributed by atoms with E-state index in [2.05, 4.69) is 0 Å².